The normalized spacial score (nSPS) is 11.5. The molecule has 0 bridgehead atoms. The molecule has 0 spiro atoms. The summed E-state index contributed by atoms with van der Waals surface area (Å²) in [6.45, 7) is 0. The zero-order valence-corrected chi connectivity index (χ0v) is 7.16. The van der Waals surface area contributed by atoms with E-state index in [1.165, 1.54) is 12.3 Å². The lowest BCUT2D eigenvalue weighted by Crippen LogP contribution is -2.32. The van der Waals surface area contributed by atoms with Crippen molar-refractivity contribution in [2.45, 2.75) is 12.5 Å². The summed E-state index contributed by atoms with van der Waals surface area (Å²) in [6, 6.07) is 2.41. The number of esters is 1. The molecule has 1 aromatic heterocycles. The van der Waals surface area contributed by atoms with Gasteiger partial charge in [0.05, 0.1) is 5.56 Å². The van der Waals surface area contributed by atoms with Crippen LogP contribution in [0.15, 0.2) is 24.5 Å². The number of aromatic nitrogens is 1. The first-order valence-corrected chi connectivity index (χ1v) is 3.73. The molecule has 0 N–H and O–H groups in total. The number of alkyl halides is 4. The maximum absolute atomic E-state index is 12.3. The standard InChI is InChI=1S/C8H5F4NO2/c9-7(10)8(11,12)15-6(14)5-2-1-3-13-4-5/h1-4,7H. The maximum Gasteiger partial charge on any atom is 0.463 e. The Morgan fingerprint density at radius 1 is 1.47 bits per heavy atom. The monoisotopic (exact) mass is 223 g/mol. The van der Waals surface area contributed by atoms with Crippen molar-refractivity contribution in [3.8, 4) is 0 Å². The number of hydrogen-bond donors (Lipinski definition) is 0. The maximum atomic E-state index is 12.3. The third-order valence-corrected chi connectivity index (χ3v) is 1.38. The molecule has 3 nitrogen and oxygen atoms in total. The molecular formula is C8H5F4NO2. The van der Waals surface area contributed by atoms with E-state index in [-0.39, 0.29) is 5.56 Å². The van der Waals surface area contributed by atoms with Crippen LogP contribution >= 0.6 is 0 Å². The summed E-state index contributed by atoms with van der Waals surface area (Å²) < 4.78 is 51.2. The van der Waals surface area contributed by atoms with E-state index in [0.717, 1.165) is 12.3 Å². The van der Waals surface area contributed by atoms with Gasteiger partial charge in [0.1, 0.15) is 0 Å². The van der Waals surface area contributed by atoms with Crippen LogP contribution in [0.25, 0.3) is 0 Å². The molecule has 0 aromatic carbocycles. The van der Waals surface area contributed by atoms with Gasteiger partial charge in [0, 0.05) is 12.4 Å². The zero-order valence-electron chi connectivity index (χ0n) is 7.16. The SMILES string of the molecule is O=C(OC(F)(F)C(F)F)c1cccnc1. The Bertz CT molecular complexity index is 342. The molecule has 0 amide bonds. The van der Waals surface area contributed by atoms with Gasteiger partial charge in [0.2, 0.25) is 0 Å². The van der Waals surface area contributed by atoms with Crippen molar-refractivity contribution in [2.75, 3.05) is 0 Å². The third-order valence-electron chi connectivity index (χ3n) is 1.38. The Balaban J connectivity index is 2.73. The summed E-state index contributed by atoms with van der Waals surface area (Å²) in [5, 5.41) is 0. The van der Waals surface area contributed by atoms with Crippen molar-refractivity contribution in [1.29, 1.82) is 0 Å². The van der Waals surface area contributed by atoms with Crippen molar-refractivity contribution >= 4 is 5.97 Å². The van der Waals surface area contributed by atoms with Crippen LogP contribution in [0.3, 0.4) is 0 Å². The highest BCUT2D eigenvalue weighted by Crippen LogP contribution is 2.25. The van der Waals surface area contributed by atoms with Crippen molar-refractivity contribution in [1.82, 2.24) is 4.98 Å². The fourth-order valence-corrected chi connectivity index (χ4v) is 0.711. The van der Waals surface area contributed by atoms with Gasteiger partial charge < -0.3 is 4.74 Å². The van der Waals surface area contributed by atoms with Gasteiger partial charge in [0.25, 0.3) is 0 Å². The van der Waals surface area contributed by atoms with E-state index in [2.05, 4.69) is 9.72 Å². The fraction of sp³-hybridized carbons (Fsp3) is 0.250. The molecule has 0 radical (unpaired) electrons. The first-order valence-electron chi connectivity index (χ1n) is 3.73. The molecule has 15 heavy (non-hydrogen) atoms. The lowest BCUT2D eigenvalue weighted by atomic mass is 10.3. The van der Waals surface area contributed by atoms with E-state index in [0.29, 0.717) is 0 Å². The molecular weight excluding hydrogens is 218 g/mol. The number of rotatable bonds is 3. The number of halogens is 4. The van der Waals surface area contributed by atoms with Crippen molar-refractivity contribution in [2.24, 2.45) is 0 Å². The van der Waals surface area contributed by atoms with Gasteiger partial charge in [-0.05, 0) is 12.1 Å². The minimum Gasteiger partial charge on any atom is -0.393 e. The number of pyridine rings is 1. The highest BCUT2D eigenvalue weighted by Gasteiger charge is 2.45. The van der Waals surface area contributed by atoms with Crippen LogP contribution in [-0.2, 0) is 4.74 Å². The molecule has 0 fully saturated rings. The number of carbonyl (C=O) groups excluding carboxylic acids is 1. The minimum absolute atomic E-state index is 0.321. The van der Waals surface area contributed by atoms with Gasteiger partial charge >= 0.3 is 18.5 Å². The molecule has 0 atom stereocenters. The van der Waals surface area contributed by atoms with Crippen LogP contribution in [0.2, 0.25) is 0 Å². The van der Waals surface area contributed by atoms with Crippen LogP contribution in [0.5, 0.6) is 0 Å². The molecule has 1 aromatic rings. The Morgan fingerprint density at radius 3 is 2.60 bits per heavy atom. The molecule has 0 saturated carbocycles. The second kappa shape index (κ2) is 4.24. The fourth-order valence-electron chi connectivity index (χ4n) is 0.711. The molecule has 0 aliphatic rings. The van der Waals surface area contributed by atoms with Gasteiger partial charge in [-0.2, -0.15) is 17.6 Å². The highest BCUT2D eigenvalue weighted by molar-refractivity contribution is 5.89. The Kier molecular flexibility index (Phi) is 3.23. The van der Waals surface area contributed by atoms with E-state index in [4.69, 9.17) is 0 Å². The Hall–Kier alpha value is -1.66. The summed E-state index contributed by atoms with van der Waals surface area (Å²) in [6.07, 6.45) is -6.61. The Morgan fingerprint density at radius 2 is 2.13 bits per heavy atom. The smallest absolute Gasteiger partial charge is 0.393 e. The van der Waals surface area contributed by atoms with E-state index in [9.17, 15) is 22.4 Å². The summed E-state index contributed by atoms with van der Waals surface area (Å²) in [4.78, 5) is 14.3. The van der Waals surface area contributed by atoms with Gasteiger partial charge in [0.15, 0.2) is 0 Å². The van der Waals surface area contributed by atoms with Crippen LogP contribution in [0.1, 0.15) is 10.4 Å². The summed E-state index contributed by atoms with van der Waals surface area (Å²) in [5.41, 5.74) is -0.321. The van der Waals surface area contributed by atoms with E-state index < -0.39 is 18.5 Å². The minimum atomic E-state index is -4.78. The van der Waals surface area contributed by atoms with Gasteiger partial charge in [-0.15, -0.1) is 0 Å². The molecule has 0 unspecified atom stereocenters. The summed E-state index contributed by atoms with van der Waals surface area (Å²) in [5.74, 6) is -1.55. The first kappa shape index (κ1) is 11.4. The number of carbonyl (C=O) groups is 1. The van der Waals surface area contributed by atoms with E-state index >= 15 is 0 Å². The van der Waals surface area contributed by atoms with Crippen LogP contribution in [0, 0.1) is 0 Å². The summed E-state index contributed by atoms with van der Waals surface area (Å²) >= 11 is 0. The molecule has 0 aliphatic carbocycles. The van der Waals surface area contributed by atoms with Crippen molar-refractivity contribution in [3.05, 3.63) is 30.1 Å². The largest absolute Gasteiger partial charge is 0.463 e. The van der Waals surface area contributed by atoms with Crippen LogP contribution in [-0.4, -0.2) is 23.5 Å². The predicted octanol–water partition coefficient (Wildman–Crippen LogP) is 2.10. The molecule has 0 aliphatic heterocycles. The number of hydrogen-bond acceptors (Lipinski definition) is 3. The first-order chi connectivity index (χ1) is 6.93. The van der Waals surface area contributed by atoms with E-state index in [1.807, 2.05) is 0 Å². The predicted molar refractivity (Wildman–Crippen MR) is 40.6 cm³/mol. The topological polar surface area (TPSA) is 39.2 Å². The Labute approximate surface area is 81.7 Å². The second-order valence-electron chi connectivity index (χ2n) is 2.49. The van der Waals surface area contributed by atoms with Crippen molar-refractivity contribution in [3.63, 3.8) is 0 Å². The lowest BCUT2D eigenvalue weighted by molar-refractivity contribution is -0.269. The van der Waals surface area contributed by atoms with Crippen LogP contribution < -0.4 is 0 Å². The average Bonchev–Trinajstić information content (AvgIpc) is 2.18. The number of nitrogens with zero attached hydrogens (tertiary/aromatic N) is 1. The molecule has 1 heterocycles. The molecule has 0 saturated heterocycles. The third kappa shape index (κ3) is 2.90. The zero-order chi connectivity index (χ0) is 11.5. The molecule has 1 rings (SSSR count). The van der Waals surface area contributed by atoms with E-state index in [1.54, 1.807) is 0 Å². The quantitative estimate of drug-likeness (QED) is 0.581. The summed E-state index contributed by atoms with van der Waals surface area (Å²) in [7, 11) is 0. The lowest BCUT2D eigenvalue weighted by Gasteiger charge is -2.14. The average molecular weight is 223 g/mol. The van der Waals surface area contributed by atoms with Crippen molar-refractivity contribution < 1.29 is 27.1 Å². The van der Waals surface area contributed by atoms with Gasteiger partial charge in [-0.3, -0.25) is 4.98 Å². The number of ether oxygens (including phenoxy) is 1. The molecule has 7 heteroatoms. The van der Waals surface area contributed by atoms with Crippen LogP contribution in [0.4, 0.5) is 17.6 Å². The van der Waals surface area contributed by atoms with Gasteiger partial charge in [-0.1, -0.05) is 0 Å². The molecule has 82 valence electrons. The second-order valence-corrected chi connectivity index (χ2v) is 2.49. The van der Waals surface area contributed by atoms with Gasteiger partial charge in [-0.25, -0.2) is 4.79 Å². The highest BCUT2D eigenvalue weighted by atomic mass is 19.3.